The van der Waals surface area contributed by atoms with Gasteiger partial charge in [-0.3, -0.25) is 0 Å². The van der Waals surface area contributed by atoms with Gasteiger partial charge in [-0.05, 0) is 19.3 Å². The second-order valence-corrected chi connectivity index (χ2v) is 2.99. The molecule has 0 atom stereocenters. The van der Waals surface area contributed by atoms with Crippen molar-refractivity contribution in [2.45, 2.75) is 37.4 Å². The van der Waals surface area contributed by atoms with Gasteiger partial charge in [0.2, 0.25) is 0 Å². The SMILES string of the molecule is Cl.NC1CC(N)CC(N)C1. The van der Waals surface area contributed by atoms with Crippen LogP contribution >= 0.6 is 12.4 Å². The predicted molar refractivity (Wildman–Crippen MR) is 45.0 cm³/mol. The molecule has 0 aliphatic heterocycles. The van der Waals surface area contributed by atoms with Crippen molar-refractivity contribution in [1.29, 1.82) is 0 Å². The molecule has 4 heteroatoms. The van der Waals surface area contributed by atoms with E-state index in [1.807, 2.05) is 0 Å². The van der Waals surface area contributed by atoms with Crippen molar-refractivity contribution in [3.05, 3.63) is 0 Å². The zero-order chi connectivity index (χ0) is 6.85. The average molecular weight is 166 g/mol. The topological polar surface area (TPSA) is 78.1 Å². The maximum atomic E-state index is 5.66. The Hall–Kier alpha value is 0.170. The normalized spacial score (nSPS) is 40.5. The van der Waals surface area contributed by atoms with E-state index < -0.39 is 0 Å². The molecule has 1 aliphatic rings. The Morgan fingerprint density at radius 1 is 0.700 bits per heavy atom. The van der Waals surface area contributed by atoms with Crippen LogP contribution in [0.3, 0.4) is 0 Å². The fourth-order valence-corrected chi connectivity index (χ4v) is 1.46. The van der Waals surface area contributed by atoms with Gasteiger partial charge in [0.15, 0.2) is 0 Å². The largest absolute Gasteiger partial charge is 0.328 e. The van der Waals surface area contributed by atoms with Crippen LogP contribution in [-0.2, 0) is 0 Å². The van der Waals surface area contributed by atoms with E-state index in [9.17, 15) is 0 Å². The molecule has 0 aromatic carbocycles. The molecule has 0 saturated heterocycles. The molecule has 1 aliphatic carbocycles. The van der Waals surface area contributed by atoms with Gasteiger partial charge in [-0.15, -0.1) is 12.4 Å². The van der Waals surface area contributed by atoms with Crippen molar-refractivity contribution in [2.75, 3.05) is 0 Å². The summed E-state index contributed by atoms with van der Waals surface area (Å²) in [4.78, 5) is 0. The van der Waals surface area contributed by atoms with Gasteiger partial charge in [-0.25, -0.2) is 0 Å². The van der Waals surface area contributed by atoms with Crippen molar-refractivity contribution in [1.82, 2.24) is 0 Å². The molecule has 0 unspecified atom stereocenters. The van der Waals surface area contributed by atoms with E-state index in [-0.39, 0.29) is 30.5 Å². The third-order valence-electron chi connectivity index (χ3n) is 1.82. The molecule has 0 amide bonds. The Balaban J connectivity index is 0.000000810. The van der Waals surface area contributed by atoms with Gasteiger partial charge in [-0.2, -0.15) is 0 Å². The van der Waals surface area contributed by atoms with Crippen LogP contribution in [0.2, 0.25) is 0 Å². The Labute approximate surface area is 67.7 Å². The van der Waals surface area contributed by atoms with Crippen molar-refractivity contribution in [3.63, 3.8) is 0 Å². The van der Waals surface area contributed by atoms with E-state index in [0.717, 1.165) is 19.3 Å². The molecule has 1 rings (SSSR count). The molecule has 0 heterocycles. The summed E-state index contributed by atoms with van der Waals surface area (Å²) in [5.74, 6) is 0. The highest BCUT2D eigenvalue weighted by atomic mass is 35.5. The minimum Gasteiger partial charge on any atom is -0.328 e. The summed E-state index contributed by atoms with van der Waals surface area (Å²) in [5, 5.41) is 0. The highest BCUT2D eigenvalue weighted by Crippen LogP contribution is 2.13. The molecule has 3 nitrogen and oxygen atoms in total. The summed E-state index contributed by atoms with van der Waals surface area (Å²) in [6.45, 7) is 0. The van der Waals surface area contributed by atoms with Gasteiger partial charge in [0.05, 0.1) is 0 Å². The lowest BCUT2D eigenvalue weighted by Crippen LogP contribution is -2.45. The maximum Gasteiger partial charge on any atom is 0.00683 e. The van der Waals surface area contributed by atoms with Crippen LogP contribution in [-0.4, -0.2) is 18.1 Å². The van der Waals surface area contributed by atoms with Crippen LogP contribution in [0.25, 0.3) is 0 Å². The summed E-state index contributed by atoms with van der Waals surface area (Å²) >= 11 is 0. The van der Waals surface area contributed by atoms with Crippen molar-refractivity contribution in [2.24, 2.45) is 17.2 Å². The smallest absolute Gasteiger partial charge is 0.00683 e. The molecular weight excluding hydrogens is 150 g/mol. The van der Waals surface area contributed by atoms with E-state index in [0.29, 0.717) is 0 Å². The Bertz CT molecular complexity index is 74.0. The molecule has 0 spiro atoms. The fourth-order valence-electron chi connectivity index (χ4n) is 1.46. The van der Waals surface area contributed by atoms with Gasteiger partial charge in [0.1, 0.15) is 0 Å². The highest BCUT2D eigenvalue weighted by Gasteiger charge is 2.21. The second kappa shape index (κ2) is 4.13. The lowest BCUT2D eigenvalue weighted by molar-refractivity contribution is 0.352. The van der Waals surface area contributed by atoms with Crippen molar-refractivity contribution >= 4 is 12.4 Å². The number of hydrogen-bond donors (Lipinski definition) is 3. The second-order valence-electron chi connectivity index (χ2n) is 2.99. The molecule has 6 N–H and O–H groups in total. The molecule has 0 aromatic rings. The van der Waals surface area contributed by atoms with Crippen LogP contribution in [0.4, 0.5) is 0 Å². The highest BCUT2D eigenvalue weighted by molar-refractivity contribution is 5.85. The molecule has 10 heavy (non-hydrogen) atoms. The lowest BCUT2D eigenvalue weighted by Gasteiger charge is -2.28. The fraction of sp³-hybridized carbons (Fsp3) is 1.00. The quantitative estimate of drug-likeness (QED) is 0.456. The van der Waals surface area contributed by atoms with E-state index in [4.69, 9.17) is 17.2 Å². The first-order chi connectivity index (χ1) is 4.18. The monoisotopic (exact) mass is 165 g/mol. The lowest BCUT2D eigenvalue weighted by atomic mass is 9.89. The molecule has 62 valence electrons. The van der Waals surface area contributed by atoms with Crippen LogP contribution in [0.5, 0.6) is 0 Å². The molecule has 0 aromatic heterocycles. The number of halogens is 1. The summed E-state index contributed by atoms with van der Waals surface area (Å²) in [7, 11) is 0. The summed E-state index contributed by atoms with van der Waals surface area (Å²) < 4.78 is 0. The summed E-state index contributed by atoms with van der Waals surface area (Å²) in [5.41, 5.74) is 17.0. The van der Waals surface area contributed by atoms with Crippen molar-refractivity contribution in [3.8, 4) is 0 Å². The third-order valence-corrected chi connectivity index (χ3v) is 1.82. The minimum absolute atomic E-state index is 0. The average Bonchev–Trinajstić information content (AvgIpc) is 1.59. The van der Waals surface area contributed by atoms with Crippen LogP contribution in [0, 0.1) is 0 Å². The number of hydrogen-bond acceptors (Lipinski definition) is 3. The Morgan fingerprint density at radius 3 is 1.10 bits per heavy atom. The first kappa shape index (κ1) is 10.2. The van der Waals surface area contributed by atoms with Gasteiger partial charge in [0.25, 0.3) is 0 Å². The van der Waals surface area contributed by atoms with Crippen LogP contribution < -0.4 is 17.2 Å². The standard InChI is InChI=1S/C6H15N3.ClH/c7-4-1-5(8)3-6(9)2-4;/h4-6H,1-3,7-9H2;1H. The van der Waals surface area contributed by atoms with Crippen molar-refractivity contribution < 1.29 is 0 Å². The Kier molecular flexibility index (Phi) is 4.20. The number of rotatable bonds is 0. The van der Waals surface area contributed by atoms with Crippen LogP contribution in [0.1, 0.15) is 19.3 Å². The zero-order valence-corrected chi connectivity index (χ0v) is 6.81. The molecule has 0 bridgehead atoms. The maximum absolute atomic E-state index is 5.66. The first-order valence-electron chi connectivity index (χ1n) is 3.45. The first-order valence-corrected chi connectivity index (χ1v) is 3.45. The summed E-state index contributed by atoms with van der Waals surface area (Å²) in [6.07, 6.45) is 2.81. The van der Waals surface area contributed by atoms with Crippen LogP contribution in [0.15, 0.2) is 0 Å². The molecule has 1 saturated carbocycles. The number of nitrogens with two attached hydrogens (primary N) is 3. The molecule has 0 radical (unpaired) electrons. The predicted octanol–water partition coefficient (Wildman–Crippen LogP) is -0.426. The van der Waals surface area contributed by atoms with Gasteiger partial charge in [-0.1, -0.05) is 0 Å². The van der Waals surface area contributed by atoms with E-state index in [1.54, 1.807) is 0 Å². The van der Waals surface area contributed by atoms with Gasteiger partial charge >= 0.3 is 0 Å². The zero-order valence-electron chi connectivity index (χ0n) is 5.99. The molecule has 1 fully saturated rings. The minimum atomic E-state index is 0. The Morgan fingerprint density at radius 2 is 0.900 bits per heavy atom. The van der Waals surface area contributed by atoms with Gasteiger partial charge < -0.3 is 17.2 Å². The van der Waals surface area contributed by atoms with E-state index >= 15 is 0 Å². The summed E-state index contributed by atoms with van der Waals surface area (Å²) in [6, 6.07) is 0.719. The molecular formula is C6H16ClN3. The van der Waals surface area contributed by atoms with E-state index in [1.165, 1.54) is 0 Å². The van der Waals surface area contributed by atoms with Gasteiger partial charge in [0, 0.05) is 18.1 Å². The third kappa shape index (κ3) is 2.84. The van der Waals surface area contributed by atoms with E-state index in [2.05, 4.69) is 0 Å².